The molecule has 1 atom stereocenters. The Morgan fingerprint density at radius 1 is 1.10 bits per heavy atom. The number of hydrogen-bond donors (Lipinski definition) is 1. The summed E-state index contributed by atoms with van der Waals surface area (Å²) in [6.07, 6.45) is -0.0847. The molecule has 1 aliphatic rings. The maximum absolute atomic E-state index is 12.9. The summed E-state index contributed by atoms with van der Waals surface area (Å²) in [5, 5.41) is 9.52. The van der Waals surface area contributed by atoms with Crippen LogP contribution in [-0.4, -0.2) is 60.2 Å². The zero-order valence-corrected chi connectivity index (χ0v) is 18.1. The van der Waals surface area contributed by atoms with Gasteiger partial charge in [-0.15, -0.1) is 0 Å². The smallest absolute Gasteiger partial charge is 0.236 e. The topological polar surface area (TPSA) is 62.2 Å². The Balaban J connectivity index is 1.70. The normalized spacial score (nSPS) is 17.9. The van der Waals surface area contributed by atoms with E-state index in [1.807, 2.05) is 41.3 Å². The van der Waals surface area contributed by atoms with Crippen LogP contribution in [0.2, 0.25) is 0 Å². The van der Waals surface area contributed by atoms with Crippen LogP contribution in [0.1, 0.15) is 25.0 Å². The van der Waals surface area contributed by atoms with E-state index in [-0.39, 0.29) is 17.8 Å². The van der Waals surface area contributed by atoms with Crippen LogP contribution in [0, 0.1) is 5.92 Å². The molecular weight excluding hydrogens is 380 g/mol. The van der Waals surface area contributed by atoms with Crippen LogP contribution in [0.3, 0.4) is 0 Å². The molecule has 2 aromatic carbocycles. The molecule has 6 heteroatoms. The molecule has 1 N–H and O–H groups in total. The molecule has 0 spiro atoms. The van der Waals surface area contributed by atoms with Crippen LogP contribution in [0.25, 0.3) is 0 Å². The summed E-state index contributed by atoms with van der Waals surface area (Å²) in [5.41, 5.74) is 2.11. The molecular formula is C24H32N2O4. The summed E-state index contributed by atoms with van der Waals surface area (Å²) in [7, 11) is 1.65. The number of amides is 1. The average molecular weight is 413 g/mol. The van der Waals surface area contributed by atoms with Crippen LogP contribution in [-0.2, 0) is 22.7 Å². The standard InChI is InChI=1S/C24H32N2O4/c1-18(2)12-26-15-23(30-17-20-5-4-6-22(11-20)29-3)14-25(16-24(26)28)13-19-7-9-21(27)10-8-19/h4-11,18,23,27H,12-17H2,1-3H3. The Morgan fingerprint density at radius 3 is 2.57 bits per heavy atom. The monoisotopic (exact) mass is 412 g/mol. The molecule has 162 valence electrons. The number of carbonyl (C=O) groups excluding carboxylic acids is 1. The van der Waals surface area contributed by atoms with Crippen LogP contribution in [0.15, 0.2) is 48.5 Å². The summed E-state index contributed by atoms with van der Waals surface area (Å²) in [5.74, 6) is 1.59. The van der Waals surface area contributed by atoms with Gasteiger partial charge in [-0.25, -0.2) is 0 Å². The third-order valence-corrected chi connectivity index (χ3v) is 5.15. The fourth-order valence-electron chi connectivity index (χ4n) is 3.73. The number of phenolic OH excluding ortho intramolecular Hbond substituents is 1. The number of ether oxygens (including phenoxy) is 2. The van der Waals surface area contributed by atoms with E-state index < -0.39 is 0 Å². The Hall–Kier alpha value is -2.57. The number of aromatic hydroxyl groups is 1. The van der Waals surface area contributed by atoms with E-state index in [4.69, 9.17) is 9.47 Å². The minimum Gasteiger partial charge on any atom is -0.508 e. The van der Waals surface area contributed by atoms with Crippen molar-refractivity contribution in [2.24, 2.45) is 5.92 Å². The first-order valence-corrected chi connectivity index (χ1v) is 10.5. The number of rotatable bonds is 8. The minimum absolute atomic E-state index is 0.0847. The maximum atomic E-state index is 12.9. The summed E-state index contributed by atoms with van der Waals surface area (Å²) in [6.45, 7) is 7.71. The lowest BCUT2D eigenvalue weighted by molar-refractivity contribution is -0.132. The molecule has 6 nitrogen and oxygen atoms in total. The predicted octanol–water partition coefficient (Wildman–Crippen LogP) is 3.29. The van der Waals surface area contributed by atoms with Crippen molar-refractivity contribution in [2.75, 3.05) is 33.3 Å². The highest BCUT2D eigenvalue weighted by molar-refractivity contribution is 5.78. The van der Waals surface area contributed by atoms with Gasteiger partial charge < -0.3 is 19.5 Å². The van der Waals surface area contributed by atoms with Gasteiger partial charge in [0.1, 0.15) is 11.5 Å². The zero-order valence-electron chi connectivity index (χ0n) is 18.1. The molecule has 1 aliphatic heterocycles. The van der Waals surface area contributed by atoms with Gasteiger partial charge in [-0.05, 0) is 41.3 Å². The third-order valence-electron chi connectivity index (χ3n) is 5.15. The lowest BCUT2D eigenvalue weighted by Gasteiger charge is -2.26. The van der Waals surface area contributed by atoms with E-state index in [9.17, 15) is 9.90 Å². The van der Waals surface area contributed by atoms with Crippen LogP contribution in [0.4, 0.5) is 0 Å². The Bertz CT molecular complexity index is 822. The summed E-state index contributed by atoms with van der Waals surface area (Å²) < 4.78 is 11.6. The molecule has 0 bridgehead atoms. The van der Waals surface area contributed by atoms with Crippen molar-refractivity contribution < 1.29 is 19.4 Å². The first-order chi connectivity index (χ1) is 14.4. The van der Waals surface area contributed by atoms with Crippen molar-refractivity contribution in [1.29, 1.82) is 0 Å². The number of benzene rings is 2. The highest BCUT2D eigenvalue weighted by Gasteiger charge is 2.28. The molecule has 1 unspecified atom stereocenters. The Kier molecular flexibility index (Phi) is 7.71. The molecule has 0 aromatic heterocycles. The molecule has 1 heterocycles. The van der Waals surface area contributed by atoms with Gasteiger partial charge in [0.05, 0.1) is 26.4 Å². The summed E-state index contributed by atoms with van der Waals surface area (Å²) >= 11 is 0. The van der Waals surface area contributed by atoms with Crippen molar-refractivity contribution >= 4 is 5.91 Å². The fraction of sp³-hybridized carbons (Fsp3) is 0.458. The van der Waals surface area contributed by atoms with E-state index in [1.165, 1.54) is 0 Å². The van der Waals surface area contributed by atoms with Gasteiger partial charge >= 0.3 is 0 Å². The van der Waals surface area contributed by atoms with E-state index in [1.54, 1.807) is 19.2 Å². The van der Waals surface area contributed by atoms with E-state index >= 15 is 0 Å². The second-order valence-electron chi connectivity index (χ2n) is 8.31. The number of phenols is 1. The van der Waals surface area contributed by atoms with Gasteiger partial charge in [0.25, 0.3) is 0 Å². The van der Waals surface area contributed by atoms with Crippen LogP contribution >= 0.6 is 0 Å². The minimum atomic E-state index is -0.0847. The number of methoxy groups -OCH3 is 1. The molecule has 0 aliphatic carbocycles. The zero-order chi connectivity index (χ0) is 21.5. The first kappa shape index (κ1) is 22.1. The average Bonchev–Trinajstić information content (AvgIpc) is 2.86. The lowest BCUT2D eigenvalue weighted by atomic mass is 10.2. The largest absolute Gasteiger partial charge is 0.508 e. The quantitative estimate of drug-likeness (QED) is 0.721. The SMILES string of the molecule is COc1cccc(COC2CN(Cc3ccc(O)cc3)CC(=O)N(CC(C)C)C2)c1. The second kappa shape index (κ2) is 10.5. The van der Waals surface area contributed by atoms with Gasteiger partial charge in [0, 0.05) is 26.2 Å². The second-order valence-corrected chi connectivity index (χ2v) is 8.31. The van der Waals surface area contributed by atoms with E-state index in [2.05, 4.69) is 18.7 Å². The lowest BCUT2D eigenvalue weighted by Crippen LogP contribution is -2.40. The molecule has 0 radical (unpaired) electrons. The summed E-state index contributed by atoms with van der Waals surface area (Å²) in [6, 6.07) is 15.0. The number of nitrogens with zero attached hydrogens (tertiary/aromatic N) is 2. The van der Waals surface area contributed by atoms with Crippen molar-refractivity contribution in [3.8, 4) is 11.5 Å². The summed E-state index contributed by atoms with van der Waals surface area (Å²) in [4.78, 5) is 16.9. The van der Waals surface area contributed by atoms with Gasteiger partial charge in [-0.2, -0.15) is 0 Å². The molecule has 0 saturated carbocycles. The Labute approximate surface area is 179 Å². The Morgan fingerprint density at radius 2 is 1.87 bits per heavy atom. The fourth-order valence-corrected chi connectivity index (χ4v) is 3.73. The highest BCUT2D eigenvalue weighted by Crippen LogP contribution is 2.18. The van der Waals surface area contributed by atoms with Crippen LogP contribution in [0.5, 0.6) is 11.5 Å². The van der Waals surface area contributed by atoms with E-state index in [0.29, 0.717) is 38.7 Å². The maximum Gasteiger partial charge on any atom is 0.236 e. The van der Waals surface area contributed by atoms with E-state index in [0.717, 1.165) is 23.4 Å². The number of carbonyl (C=O) groups is 1. The van der Waals surface area contributed by atoms with Crippen molar-refractivity contribution in [3.63, 3.8) is 0 Å². The van der Waals surface area contributed by atoms with Crippen molar-refractivity contribution in [3.05, 3.63) is 59.7 Å². The van der Waals surface area contributed by atoms with Crippen LogP contribution < -0.4 is 4.74 Å². The van der Waals surface area contributed by atoms with Gasteiger partial charge in [-0.1, -0.05) is 38.1 Å². The predicted molar refractivity (Wildman–Crippen MR) is 116 cm³/mol. The molecule has 3 rings (SSSR count). The molecule has 30 heavy (non-hydrogen) atoms. The van der Waals surface area contributed by atoms with Gasteiger partial charge in [0.15, 0.2) is 0 Å². The molecule has 1 amide bonds. The molecule has 2 aromatic rings. The number of hydrogen-bond acceptors (Lipinski definition) is 5. The molecule has 1 saturated heterocycles. The van der Waals surface area contributed by atoms with Crippen molar-refractivity contribution in [2.45, 2.75) is 33.1 Å². The van der Waals surface area contributed by atoms with Crippen molar-refractivity contribution in [1.82, 2.24) is 9.80 Å². The molecule has 1 fully saturated rings. The van der Waals surface area contributed by atoms with Gasteiger partial charge in [-0.3, -0.25) is 9.69 Å². The third kappa shape index (κ3) is 6.47. The first-order valence-electron chi connectivity index (χ1n) is 10.5. The highest BCUT2D eigenvalue weighted by atomic mass is 16.5. The van der Waals surface area contributed by atoms with Gasteiger partial charge in [0.2, 0.25) is 5.91 Å².